The number of nitrogen functional groups attached to an aromatic ring is 1. The highest BCUT2D eigenvalue weighted by atomic mass is 19.4. The van der Waals surface area contributed by atoms with Crippen LogP contribution >= 0.6 is 0 Å². The van der Waals surface area contributed by atoms with E-state index in [2.05, 4.69) is 5.10 Å². The molecule has 3 aromatic carbocycles. The summed E-state index contributed by atoms with van der Waals surface area (Å²) in [5.74, 6) is 0. The van der Waals surface area contributed by atoms with Gasteiger partial charge >= 0.3 is 6.18 Å². The first-order chi connectivity index (χ1) is 13.4. The fourth-order valence-electron chi connectivity index (χ4n) is 3.04. The van der Waals surface area contributed by atoms with Crippen LogP contribution in [-0.4, -0.2) is 9.78 Å². The Kier molecular flexibility index (Phi) is 4.39. The fourth-order valence-corrected chi connectivity index (χ4v) is 3.04. The van der Waals surface area contributed by atoms with Gasteiger partial charge in [-0.2, -0.15) is 18.3 Å². The van der Waals surface area contributed by atoms with Crippen molar-refractivity contribution in [1.82, 2.24) is 9.78 Å². The van der Waals surface area contributed by atoms with Crippen LogP contribution in [0.4, 0.5) is 18.9 Å². The summed E-state index contributed by atoms with van der Waals surface area (Å²) < 4.78 is 40.3. The van der Waals surface area contributed by atoms with Gasteiger partial charge in [-0.3, -0.25) is 0 Å². The minimum absolute atomic E-state index is 0.522. The molecule has 0 unspecified atom stereocenters. The zero-order valence-electron chi connectivity index (χ0n) is 14.7. The van der Waals surface area contributed by atoms with Crippen molar-refractivity contribution in [3.8, 4) is 28.2 Å². The molecular formula is C22H16F3N3. The van der Waals surface area contributed by atoms with Crippen LogP contribution in [0.25, 0.3) is 28.2 Å². The lowest BCUT2D eigenvalue weighted by Crippen LogP contribution is -2.06. The standard InChI is InChI=1S/C22H16F3N3/c23-22(24,25)16-10-12-17(13-11-16)28-21(18-8-4-5-9-19(18)26)14-20(27-28)15-6-2-1-3-7-15/h1-14H,26H2. The molecule has 4 aromatic rings. The number of alkyl halides is 3. The summed E-state index contributed by atoms with van der Waals surface area (Å²) in [4.78, 5) is 0. The molecule has 0 fully saturated rings. The lowest BCUT2D eigenvalue weighted by atomic mass is 10.1. The van der Waals surface area contributed by atoms with Crippen LogP contribution in [0.3, 0.4) is 0 Å². The highest BCUT2D eigenvalue weighted by Gasteiger charge is 2.30. The number of nitrogens with two attached hydrogens (primary N) is 1. The van der Waals surface area contributed by atoms with E-state index in [1.165, 1.54) is 12.1 Å². The Hall–Kier alpha value is -3.54. The molecule has 1 aromatic heterocycles. The topological polar surface area (TPSA) is 43.8 Å². The summed E-state index contributed by atoms with van der Waals surface area (Å²) >= 11 is 0. The number of hydrogen-bond acceptors (Lipinski definition) is 2. The Balaban J connectivity index is 1.88. The Morgan fingerprint density at radius 3 is 2.07 bits per heavy atom. The number of hydrogen-bond donors (Lipinski definition) is 1. The summed E-state index contributed by atoms with van der Waals surface area (Å²) in [6.45, 7) is 0. The van der Waals surface area contributed by atoms with E-state index in [9.17, 15) is 13.2 Å². The largest absolute Gasteiger partial charge is 0.416 e. The number of benzene rings is 3. The number of rotatable bonds is 3. The van der Waals surface area contributed by atoms with Crippen molar-refractivity contribution in [1.29, 1.82) is 0 Å². The predicted octanol–water partition coefficient (Wildman–Crippen LogP) is 5.81. The van der Waals surface area contributed by atoms with Crippen LogP contribution in [0, 0.1) is 0 Å². The minimum Gasteiger partial charge on any atom is -0.398 e. The van der Waals surface area contributed by atoms with E-state index in [4.69, 9.17) is 5.73 Å². The van der Waals surface area contributed by atoms with Crippen molar-refractivity contribution in [2.75, 3.05) is 5.73 Å². The van der Waals surface area contributed by atoms with E-state index >= 15 is 0 Å². The van der Waals surface area contributed by atoms with Gasteiger partial charge in [0.1, 0.15) is 0 Å². The van der Waals surface area contributed by atoms with Crippen LogP contribution in [-0.2, 0) is 6.18 Å². The van der Waals surface area contributed by atoms with Crippen LogP contribution in [0.15, 0.2) is 84.9 Å². The van der Waals surface area contributed by atoms with Crippen LogP contribution in [0.5, 0.6) is 0 Å². The quantitative estimate of drug-likeness (QED) is 0.457. The van der Waals surface area contributed by atoms with Crippen LogP contribution < -0.4 is 5.73 Å². The van der Waals surface area contributed by atoms with Gasteiger partial charge in [0.05, 0.1) is 22.6 Å². The molecule has 4 rings (SSSR count). The van der Waals surface area contributed by atoms with Gasteiger partial charge in [0.2, 0.25) is 0 Å². The molecule has 3 nitrogen and oxygen atoms in total. The molecule has 1 heterocycles. The van der Waals surface area contributed by atoms with Crippen molar-refractivity contribution in [3.63, 3.8) is 0 Å². The van der Waals surface area contributed by atoms with Crippen LogP contribution in [0.2, 0.25) is 0 Å². The summed E-state index contributed by atoms with van der Waals surface area (Å²) in [6.07, 6.45) is -4.38. The third-order valence-corrected chi connectivity index (χ3v) is 4.45. The molecular weight excluding hydrogens is 363 g/mol. The van der Waals surface area contributed by atoms with Crippen molar-refractivity contribution in [2.24, 2.45) is 0 Å². The molecule has 0 atom stereocenters. The number of halogens is 3. The highest BCUT2D eigenvalue weighted by Crippen LogP contribution is 2.33. The lowest BCUT2D eigenvalue weighted by molar-refractivity contribution is -0.137. The van der Waals surface area contributed by atoms with E-state index in [0.717, 1.165) is 23.3 Å². The second-order valence-electron chi connectivity index (χ2n) is 6.32. The molecule has 0 aliphatic heterocycles. The maximum atomic E-state index is 12.9. The normalized spacial score (nSPS) is 11.5. The lowest BCUT2D eigenvalue weighted by Gasteiger charge is -2.11. The summed E-state index contributed by atoms with van der Waals surface area (Å²) in [5.41, 5.74) is 9.60. The molecule has 0 saturated carbocycles. The van der Waals surface area contributed by atoms with E-state index in [1.54, 1.807) is 10.7 Å². The van der Waals surface area contributed by atoms with Gasteiger partial charge in [0.15, 0.2) is 0 Å². The van der Waals surface area contributed by atoms with Gasteiger partial charge in [-0.1, -0.05) is 48.5 Å². The smallest absolute Gasteiger partial charge is 0.398 e. The first-order valence-electron chi connectivity index (χ1n) is 8.61. The Morgan fingerprint density at radius 2 is 1.43 bits per heavy atom. The Morgan fingerprint density at radius 1 is 0.786 bits per heavy atom. The van der Waals surface area contributed by atoms with Gasteiger partial charge in [0, 0.05) is 16.8 Å². The van der Waals surface area contributed by atoms with Crippen molar-refractivity contribution >= 4 is 5.69 Å². The summed E-state index contributed by atoms with van der Waals surface area (Å²) in [6, 6.07) is 23.7. The first-order valence-corrected chi connectivity index (χ1v) is 8.61. The van der Waals surface area contributed by atoms with Gasteiger partial charge in [-0.25, -0.2) is 4.68 Å². The molecule has 28 heavy (non-hydrogen) atoms. The summed E-state index contributed by atoms with van der Waals surface area (Å²) in [5, 5.41) is 4.64. The van der Waals surface area contributed by atoms with Crippen molar-refractivity contribution in [2.45, 2.75) is 6.18 Å². The minimum atomic E-state index is -4.38. The highest BCUT2D eigenvalue weighted by molar-refractivity contribution is 5.78. The molecule has 0 bridgehead atoms. The number of aromatic nitrogens is 2. The number of anilines is 1. The fraction of sp³-hybridized carbons (Fsp3) is 0.0455. The maximum absolute atomic E-state index is 12.9. The van der Waals surface area contributed by atoms with Gasteiger partial charge < -0.3 is 5.73 Å². The Labute approximate surface area is 159 Å². The molecule has 0 aliphatic carbocycles. The van der Waals surface area contributed by atoms with E-state index in [-0.39, 0.29) is 0 Å². The number of nitrogens with zero attached hydrogens (tertiary/aromatic N) is 2. The molecule has 0 saturated heterocycles. The average molecular weight is 379 g/mol. The van der Waals surface area contributed by atoms with Crippen molar-refractivity contribution in [3.05, 3.63) is 90.5 Å². The third-order valence-electron chi connectivity index (χ3n) is 4.45. The van der Waals surface area contributed by atoms with Gasteiger partial charge in [0.25, 0.3) is 0 Å². The van der Waals surface area contributed by atoms with E-state index in [0.29, 0.717) is 22.8 Å². The zero-order chi connectivity index (χ0) is 19.7. The summed E-state index contributed by atoms with van der Waals surface area (Å²) in [7, 11) is 0. The molecule has 6 heteroatoms. The second-order valence-corrected chi connectivity index (χ2v) is 6.32. The monoisotopic (exact) mass is 379 g/mol. The molecule has 0 amide bonds. The maximum Gasteiger partial charge on any atom is 0.416 e. The SMILES string of the molecule is Nc1ccccc1-c1cc(-c2ccccc2)nn1-c1ccc(C(F)(F)F)cc1. The molecule has 0 spiro atoms. The van der Waals surface area contributed by atoms with Crippen LogP contribution in [0.1, 0.15) is 5.56 Å². The zero-order valence-corrected chi connectivity index (χ0v) is 14.7. The predicted molar refractivity (Wildman–Crippen MR) is 104 cm³/mol. The Bertz CT molecular complexity index is 1100. The molecule has 0 aliphatic rings. The average Bonchev–Trinajstić information content (AvgIpc) is 3.14. The third kappa shape index (κ3) is 3.36. The van der Waals surface area contributed by atoms with Gasteiger partial charge in [-0.05, 0) is 36.4 Å². The van der Waals surface area contributed by atoms with E-state index < -0.39 is 11.7 Å². The van der Waals surface area contributed by atoms with E-state index in [1.807, 2.05) is 54.6 Å². The van der Waals surface area contributed by atoms with Gasteiger partial charge in [-0.15, -0.1) is 0 Å². The molecule has 2 N–H and O–H groups in total. The second kappa shape index (κ2) is 6.88. The number of para-hydroxylation sites is 1. The first kappa shape index (κ1) is 17.9. The molecule has 140 valence electrons. The van der Waals surface area contributed by atoms with Crippen molar-refractivity contribution < 1.29 is 13.2 Å². The molecule has 0 radical (unpaired) electrons.